The first-order valence-corrected chi connectivity index (χ1v) is 6.67. The fourth-order valence-corrected chi connectivity index (χ4v) is 1.61. The van der Waals surface area contributed by atoms with E-state index in [9.17, 15) is 4.79 Å². The molecular formula is C10H22N2O2S. The van der Waals surface area contributed by atoms with E-state index in [1.807, 2.05) is 6.26 Å². The quantitative estimate of drug-likeness (QED) is 0.530. The van der Waals surface area contributed by atoms with Crippen LogP contribution in [-0.4, -0.2) is 41.7 Å². The van der Waals surface area contributed by atoms with Gasteiger partial charge in [-0.2, -0.15) is 11.8 Å². The smallest absolute Gasteiger partial charge is 0.236 e. The maximum Gasteiger partial charge on any atom is 0.236 e. The van der Waals surface area contributed by atoms with Crippen LogP contribution in [0.5, 0.6) is 0 Å². The lowest BCUT2D eigenvalue weighted by molar-refractivity contribution is -0.122. The SMILES string of the molecule is CSCC[C@@H](N)C(=O)NCCCC(C)O. The van der Waals surface area contributed by atoms with E-state index >= 15 is 0 Å². The second-order valence-corrected chi connectivity index (χ2v) is 4.66. The zero-order chi connectivity index (χ0) is 11.7. The summed E-state index contributed by atoms with van der Waals surface area (Å²) in [5, 5.41) is 11.8. The third-order valence-corrected chi connectivity index (χ3v) is 2.71. The van der Waals surface area contributed by atoms with Gasteiger partial charge in [-0.25, -0.2) is 0 Å². The molecule has 2 atom stereocenters. The molecule has 0 fully saturated rings. The van der Waals surface area contributed by atoms with Crippen molar-refractivity contribution >= 4 is 17.7 Å². The first-order chi connectivity index (χ1) is 7.07. The number of amides is 1. The summed E-state index contributed by atoms with van der Waals surface area (Å²) in [7, 11) is 0. The molecule has 0 aromatic carbocycles. The second-order valence-electron chi connectivity index (χ2n) is 3.67. The molecule has 0 bridgehead atoms. The Bertz CT molecular complexity index is 177. The number of hydrogen-bond acceptors (Lipinski definition) is 4. The van der Waals surface area contributed by atoms with Gasteiger partial charge in [-0.05, 0) is 38.2 Å². The summed E-state index contributed by atoms with van der Waals surface area (Å²) >= 11 is 1.69. The third kappa shape index (κ3) is 8.72. The van der Waals surface area contributed by atoms with Gasteiger partial charge in [0, 0.05) is 6.54 Å². The average Bonchev–Trinajstić information content (AvgIpc) is 2.20. The summed E-state index contributed by atoms with van der Waals surface area (Å²) in [6, 6.07) is -0.399. The van der Waals surface area contributed by atoms with E-state index in [1.165, 1.54) is 0 Å². The zero-order valence-electron chi connectivity index (χ0n) is 9.53. The lowest BCUT2D eigenvalue weighted by Crippen LogP contribution is -2.41. The van der Waals surface area contributed by atoms with Gasteiger partial charge in [-0.1, -0.05) is 0 Å². The maximum absolute atomic E-state index is 11.4. The van der Waals surface area contributed by atoms with Crippen LogP contribution in [0.3, 0.4) is 0 Å². The van der Waals surface area contributed by atoms with Gasteiger partial charge in [0.25, 0.3) is 0 Å². The summed E-state index contributed by atoms with van der Waals surface area (Å²) in [4.78, 5) is 11.4. The van der Waals surface area contributed by atoms with Crippen molar-refractivity contribution in [2.24, 2.45) is 5.73 Å². The molecule has 0 heterocycles. The van der Waals surface area contributed by atoms with Crippen molar-refractivity contribution in [3.8, 4) is 0 Å². The van der Waals surface area contributed by atoms with Crippen LogP contribution in [0.2, 0.25) is 0 Å². The first-order valence-electron chi connectivity index (χ1n) is 5.28. The second kappa shape index (κ2) is 9.00. The van der Waals surface area contributed by atoms with Crippen LogP contribution in [0.1, 0.15) is 26.2 Å². The standard InChI is InChI=1S/C10H22N2O2S/c1-8(13)4-3-6-12-10(14)9(11)5-7-15-2/h8-9,13H,3-7,11H2,1-2H3,(H,12,14)/t8?,9-/m1/s1. The highest BCUT2D eigenvalue weighted by atomic mass is 32.2. The van der Waals surface area contributed by atoms with Crippen LogP contribution in [0.4, 0.5) is 0 Å². The Morgan fingerprint density at radius 3 is 2.73 bits per heavy atom. The normalized spacial score (nSPS) is 14.7. The largest absolute Gasteiger partial charge is 0.393 e. The maximum atomic E-state index is 11.4. The minimum absolute atomic E-state index is 0.0883. The van der Waals surface area contributed by atoms with Gasteiger partial charge >= 0.3 is 0 Å². The van der Waals surface area contributed by atoms with Crippen molar-refractivity contribution < 1.29 is 9.90 Å². The van der Waals surface area contributed by atoms with Gasteiger partial charge < -0.3 is 16.2 Å². The Balaban J connectivity index is 3.47. The molecule has 0 spiro atoms. The van der Waals surface area contributed by atoms with Gasteiger partial charge in [-0.15, -0.1) is 0 Å². The monoisotopic (exact) mass is 234 g/mol. The van der Waals surface area contributed by atoms with Crippen LogP contribution >= 0.6 is 11.8 Å². The lowest BCUT2D eigenvalue weighted by Gasteiger charge is -2.11. The Labute approximate surface area is 96.0 Å². The summed E-state index contributed by atoms with van der Waals surface area (Å²) in [5.41, 5.74) is 5.67. The number of nitrogens with two attached hydrogens (primary N) is 1. The predicted octanol–water partition coefficient (Wildman–Crippen LogP) is 0.344. The average molecular weight is 234 g/mol. The predicted molar refractivity (Wildman–Crippen MR) is 64.9 cm³/mol. The van der Waals surface area contributed by atoms with E-state index in [-0.39, 0.29) is 12.0 Å². The Morgan fingerprint density at radius 2 is 2.20 bits per heavy atom. The van der Waals surface area contributed by atoms with Crippen molar-refractivity contribution in [3.63, 3.8) is 0 Å². The fraction of sp³-hybridized carbons (Fsp3) is 0.900. The molecule has 0 rings (SSSR count). The highest BCUT2D eigenvalue weighted by Gasteiger charge is 2.11. The molecule has 0 aliphatic heterocycles. The van der Waals surface area contributed by atoms with Crippen LogP contribution in [-0.2, 0) is 4.79 Å². The van der Waals surface area contributed by atoms with Gasteiger partial charge in [-0.3, -0.25) is 4.79 Å². The molecule has 1 amide bonds. The molecule has 1 unspecified atom stereocenters. The number of carbonyl (C=O) groups excluding carboxylic acids is 1. The first kappa shape index (κ1) is 14.7. The number of thioether (sulfide) groups is 1. The summed E-state index contributed by atoms with van der Waals surface area (Å²) in [5.74, 6) is 0.817. The van der Waals surface area contributed by atoms with E-state index in [0.29, 0.717) is 19.4 Å². The highest BCUT2D eigenvalue weighted by molar-refractivity contribution is 7.98. The molecule has 15 heavy (non-hydrogen) atoms. The Morgan fingerprint density at radius 1 is 1.53 bits per heavy atom. The van der Waals surface area contributed by atoms with Gasteiger partial charge in [0.2, 0.25) is 5.91 Å². The zero-order valence-corrected chi connectivity index (χ0v) is 10.3. The Kier molecular flexibility index (Phi) is 8.85. The van der Waals surface area contributed by atoms with E-state index in [4.69, 9.17) is 10.8 Å². The number of nitrogens with one attached hydrogen (secondary N) is 1. The number of carbonyl (C=O) groups is 1. The van der Waals surface area contributed by atoms with E-state index < -0.39 is 6.04 Å². The van der Waals surface area contributed by atoms with Crippen molar-refractivity contribution in [2.75, 3.05) is 18.6 Å². The van der Waals surface area contributed by atoms with Crippen molar-refractivity contribution in [1.82, 2.24) is 5.32 Å². The van der Waals surface area contributed by atoms with Crippen molar-refractivity contribution in [3.05, 3.63) is 0 Å². The van der Waals surface area contributed by atoms with Crippen molar-refractivity contribution in [1.29, 1.82) is 0 Å². The molecule has 90 valence electrons. The molecule has 0 aromatic heterocycles. The molecule has 5 heteroatoms. The molecule has 0 aliphatic carbocycles. The number of aliphatic hydroxyl groups excluding tert-OH is 1. The molecular weight excluding hydrogens is 212 g/mol. The van der Waals surface area contributed by atoms with Crippen LogP contribution < -0.4 is 11.1 Å². The summed E-state index contributed by atoms with van der Waals surface area (Å²) in [6.07, 6.45) is 3.91. The number of rotatable bonds is 8. The van der Waals surface area contributed by atoms with Gasteiger partial charge in [0.1, 0.15) is 0 Å². The molecule has 0 aromatic rings. The van der Waals surface area contributed by atoms with Gasteiger partial charge in [0.15, 0.2) is 0 Å². The summed E-state index contributed by atoms with van der Waals surface area (Å²) < 4.78 is 0. The lowest BCUT2D eigenvalue weighted by atomic mass is 10.2. The number of aliphatic hydroxyl groups is 1. The van der Waals surface area contributed by atoms with E-state index in [1.54, 1.807) is 18.7 Å². The molecule has 4 N–H and O–H groups in total. The molecule has 0 saturated carbocycles. The highest BCUT2D eigenvalue weighted by Crippen LogP contribution is 1.99. The molecule has 4 nitrogen and oxygen atoms in total. The molecule has 0 aliphatic rings. The molecule has 0 saturated heterocycles. The van der Waals surface area contributed by atoms with E-state index in [2.05, 4.69) is 5.32 Å². The van der Waals surface area contributed by atoms with E-state index in [0.717, 1.165) is 12.2 Å². The third-order valence-electron chi connectivity index (χ3n) is 2.07. The fourth-order valence-electron chi connectivity index (χ4n) is 1.12. The minimum atomic E-state index is -0.399. The minimum Gasteiger partial charge on any atom is -0.393 e. The number of hydrogen-bond donors (Lipinski definition) is 3. The van der Waals surface area contributed by atoms with Crippen LogP contribution in [0, 0.1) is 0 Å². The van der Waals surface area contributed by atoms with Crippen LogP contribution in [0.15, 0.2) is 0 Å². The Hall–Kier alpha value is -0.260. The van der Waals surface area contributed by atoms with Gasteiger partial charge in [0.05, 0.1) is 12.1 Å². The summed E-state index contributed by atoms with van der Waals surface area (Å²) in [6.45, 7) is 2.34. The van der Waals surface area contributed by atoms with Crippen LogP contribution in [0.25, 0.3) is 0 Å². The van der Waals surface area contributed by atoms with Crippen molar-refractivity contribution in [2.45, 2.75) is 38.3 Å². The topological polar surface area (TPSA) is 75.4 Å². The molecule has 0 radical (unpaired) electrons.